The number of allylic oxidation sites excluding steroid dienone is 1. The molecule has 12 heteroatoms. The van der Waals surface area contributed by atoms with Gasteiger partial charge in [0.2, 0.25) is 16.3 Å². The van der Waals surface area contributed by atoms with Crippen LogP contribution in [0.1, 0.15) is 17.9 Å². The minimum atomic E-state index is -3.90. The Morgan fingerprint density at radius 1 is 1.05 bits per heavy atom. The van der Waals surface area contributed by atoms with Crippen molar-refractivity contribution in [3.63, 3.8) is 0 Å². The number of sulfonamides is 1. The van der Waals surface area contributed by atoms with Crippen molar-refractivity contribution in [2.24, 2.45) is 0 Å². The van der Waals surface area contributed by atoms with Gasteiger partial charge in [0.25, 0.3) is 5.91 Å². The molecule has 1 amide bonds. The first-order chi connectivity index (χ1) is 19.2. The van der Waals surface area contributed by atoms with Crippen LogP contribution in [0.5, 0.6) is 5.75 Å². The van der Waals surface area contributed by atoms with Crippen molar-refractivity contribution in [1.29, 1.82) is 0 Å². The fraction of sp³-hybridized carbons (Fsp3) is 0.464. The highest BCUT2D eigenvalue weighted by Gasteiger charge is 2.31. The monoisotopic (exact) mass is 578 g/mol. The zero-order valence-electron chi connectivity index (χ0n) is 23.3. The molecule has 0 fully saturated rings. The van der Waals surface area contributed by atoms with Crippen LogP contribution in [0.4, 0.5) is 0 Å². The predicted molar refractivity (Wildman–Crippen MR) is 147 cm³/mol. The van der Waals surface area contributed by atoms with Gasteiger partial charge in [-0.25, -0.2) is 8.42 Å². The molecule has 0 bridgehead atoms. The summed E-state index contributed by atoms with van der Waals surface area (Å²) in [6, 6.07) is 15.7. The largest absolute Gasteiger partial charge is 0.497 e. The summed E-state index contributed by atoms with van der Waals surface area (Å²) in [6.45, 7) is -0.323. The van der Waals surface area contributed by atoms with E-state index in [4.69, 9.17) is 23.7 Å². The Labute approximate surface area is 235 Å². The molecule has 2 aromatic rings. The minimum absolute atomic E-state index is 0.0195. The summed E-state index contributed by atoms with van der Waals surface area (Å²) >= 11 is 0. The lowest BCUT2D eigenvalue weighted by Gasteiger charge is -2.32. The maximum Gasteiger partial charge on any atom is 0.288 e. The van der Waals surface area contributed by atoms with Crippen LogP contribution < -0.4 is 4.74 Å². The molecule has 0 radical (unpaired) electrons. The lowest BCUT2D eigenvalue weighted by atomic mass is 9.93. The molecule has 0 unspecified atom stereocenters. The van der Waals surface area contributed by atoms with Gasteiger partial charge in [-0.3, -0.25) is 4.79 Å². The number of aliphatic hydroxyl groups excluding tert-OH is 1. The summed E-state index contributed by atoms with van der Waals surface area (Å²) in [5.74, 6) is 0.126. The van der Waals surface area contributed by atoms with Gasteiger partial charge in [-0.05, 0) is 35.9 Å². The van der Waals surface area contributed by atoms with Gasteiger partial charge in [-0.2, -0.15) is 4.31 Å². The molecule has 11 nitrogen and oxygen atoms in total. The first kappa shape index (κ1) is 31.5. The summed E-state index contributed by atoms with van der Waals surface area (Å²) < 4.78 is 55.0. The van der Waals surface area contributed by atoms with Crippen LogP contribution in [0.3, 0.4) is 0 Å². The number of benzene rings is 2. The number of carbonyl (C=O) groups is 1. The molecular formula is C28H38N2O9S. The van der Waals surface area contributed by atoms with Gasteiger partial charge in [-0.15, -0.1) is 0 Å². The second kappa shape index (κ2) is 15.1. The van der Waals surface area contributed by atoms with Gasteiger partial charge >= 0.3 is 0 Å². The fourth-order valence-corrected chi connectivity index (χ4v) is 5.64. The summed E-state index contributed by atoms with van der Waals surface area (Å²) in [7, 11) is 2.21. The topological polar surface area (TPSA) is 124 Å². The molecule has 1 N–H and O–H groups in total. The zero-order valence-corrected chi connectivity index (χ0v) is 24.1. The summed E-state index contributed by atoms with van der Waals surface area (Å²) in [5, 5.41) is 9.52. The van der Waals surface area contributed by atoms with E-state index in [1.807, 2.05) is 30.3 Å². The van der Waals surface area contributed by atoms with E-state index in [9.17, 15) is 18.3 Å². The SMILES string of the molecule is COc1ccc(S(=O)(=O)N(CCO)CCO[C@@H]2C[C@H](c3ccccc3)C=C(C(=O)N(C)CC(OC)OC)O2)cc1. The molecule has 0 spiro atoms. The zero-order chi connectivity index (χ0) is 29.1. The van der Waals surface area contributed by atoms with Crippen LogP contribution in [0.25, 0.3) is 0 Å². The molecule has 1 aliphatic rings. The van der Waals surface area contributed by atoms with Crippen molar-refractivity contribution < 1.29 is 42.0 Å². The van der Waals surface area contributed by atoms with Crippen LogP contribution in [0.2, 0.25) is 0 Å². The maximum atomic E-state index is 13.2. The van der Waals surface area contributed by atoms with E-state index in [1.54, 1.807) is 25.3 Å². The van der Waals surface area contributed by atoms with E-state index in [0.29, 0.717) is 12.2 Å². The molecule has 2 atom stereocenters. The van der Waals surface area contributed by atoms with Crippen LogP contribution in [0, 0.1) is 0 Å². The molecule has 40 heavy (non-hydrogen) atoms. The van der Waals surface area contributed by atoms with Gasteiger partial charge in [0.05, 0.1) is 31.8 Å². The van der Waals surface area contributed by atoms with Crippen molar-refractivity contribution in [3.8, 4) is 5.75 Å². The van der Waals surface area contributed by atoms with Crippen molar-refractivity contribution in [2.45, 2.75) is 29.8 Å². The van der Waals surface area contributed by atoms with Crippen molar-refractivity contribution >= 4 is 15.9 Å². The number of ether oxygens (including phenoxy) is 5. The number of hydrogen-bond acceptors (Lipinski definition) is 9. The fourth-order valence-electron chi connectivity index (χ4n) is 4.23. The molecule has 220 valence electrons. The lowest BCUT2D eigenvalue weighted by Crippen LogP contribution is -2.40. The Balaban J connectivity index is 1.72. The second-order valence-electron chi connectivity index (χ2n) is 9.09. The van der Waals surface area contributed by atoms with Gasteiger partial charge in [0.1, 0.15) is 5.75 Å². The third-order valence-electron chi connectivity index (χ3n) is 6.48. The Morgan fingerprint density at radius 3 is 2.33 bits per heavy atom. The predicted octanol–water partition coefficient (Wildman–Crippen LogP) is 2.19. The van der Waals surface area contributed by atoms with Gasteiger partial charge < -0.3 is 33.7 Å². The third kappa shape index (κ3) is 8.26. The summed E-state index contributed by atoms with van der Waals surface area (Å²) in [4.78, 5) is 14.7. The first-order valence-electron chi connectivity index (χ1n) is 12.8. The number of nitrogens with zero attached hydrogens (tertiary/aromatic N) is 2. The van der Waals surface area contributed by atoms with E-state index < -0.39 is 22.6 Å². The standard InChI is InChI=1S/C28H38N2O9S/c1-29(20-27(36-3)37-4)28(32)25-18-22(21-8-6-5-7-9-21)19-26(39-25)38-17-15-30(14-16-31)40(33,34)24-12-10-23(35-2)11-13-24/h5-13,18,22,26-27,31H,14-17,19-20H2,1-4H3/t22-,26+/m1/s1. The van der Waals surface area contributed by atoms with Crippen molar-refractivity contribution in [3.05, 3.63) is 72.0 Å². The number of rotatable bonds is 15. The number of carbonyl (C=O) groups excluding carboxylic acids is 1. The average Bonchev–Trinajstić information content (AvgIpc) is 2.99. The molecule has 0 saturated heterocycles. The number of methoxy groups -OCH3 is 3. The first-order valence-corrected chi connectivity index (χ1v) is 14.3. The Morgan fingerprint density at radius 2 is 1.73 bits per heavy atom. The quantitative estimate of drug-likeness (QED) is 0.317. The van der Waals surface area contributed by atoms with Crippen LogP contribution in [0.15, 0.2) is 71.3 Å². The highest BCUT2D eigenvalue weighted by molar-refractivity contribution is 7.89. The van der Waals surface area contributed by atoms with Gasteiger partial charge in [-0.1, -0.05) is 30.3 Å². The summed E-state index contributed by atoms with van der Waals surface area (Å²) in [5.41, 5.74) is 0.989. The Kier molecular flexibility index (Phi) is 11.9. The average molecular weight is 579 g/mol. The van der Waals surface area contributed by atoms with Gasteiger partial charge in [0.15, 0.2) is 12.0 Å². The molecule has 3 rings (SSSR count). The van der Waals surface area contributed by atoms with Crippen molar-refractivity contribution in [2.75, 3.05) is 61.2 Å². The molecule has 0 aromatic heterocycles. The normalized spacial score (nSPS) is 17.4. The number of amides is 1. The van der Waals surface area contributed by atoms with Crippen molar-refractivity contribution in [1.82, 2.24) is 9.21 Å². The molecule has 1 aliphatic heterocycles. The highest BCUT2D eigenvalue weighted by Crippen LogP contribution is 2.32. The Bertz CT molecular complexity index is 1200. The highest BCUT2D eigenvalue weighted by atomic mass is 32.2. The smallest absolute Gasteiger partial charge is 0.288 e. The molecule has 1 heterocycles. The summed E-state index contributed by atoms with van der Waals surface area (Å²) in [6.07, 6.45) is 0.798. The van der Waals surface area contributed by atoms with E-state index in [0.717, 1.165) is 9.87 Å². The molecule has 0 aliphatic carbocycles. The number of hydrogen-bond donors (Lipinski definition) is 1. The third-order valence-corrected chi connectivity index (χ3v) is 8.40. The van der Waals surface area contributed by atoms with E-state index >= 15 is 0 Å². The number of aliphatic hydroxyl groups is 1. The molecular weight excluding hydrogens is 540 g/mol. The van der Waals surface area contributed by atoms with Crippen LogP contribution in [-0.2, 0) is 33.8 Å². The maximum absolute atomic E-state index is 13.2. The minimum Gasteiger partial charge on any atom is -0.497 e. The van der Waals surface area contributed by atoms with Crippen LogP contribution >= 0.6 is 0 Å². The molecule has 0 saturated carbocycles. The van der Waals surface area contributed by atoms with E-state index in [-0.39, 0.29) is 55.3 Å². The molecule has 2 aromatic carbocycles. The lowest BCUT2D eigenvalue weighted by molar-refractivity contribution is -0.158. The van der Waals surface area contributed by atoms with E-state index in [2.05, 4.69) is 0 Å². The number of likely N-dealkylation sites (N-methyl/N-ethyl adjacent to an activating group) is 1. The van der Waals surface area contributed by atoms with Crippen LogP contribution in [-0.4, -0.2) is 102 Å². The van der Waals surface area contributed by atoms with Gasteiger partial charge in [0, 0.05) is 46.7 Å². The van der Waals surface area contributed by atoms with E-state index in [1.165, 1.54) is 38.4 Å². The Hall–Kier alpha value is -3.00. The second-order valence-corrected chi connectivity index (χ2v) is 11.0.